The van der Waals surface area contributed by atoms with E-state index in [0.29, 0.717) is 22.5 Å². The zero-order chi connectivity index (χ0) is 19.2. The first kappa shape index (κ1) is 19.6. The lowest BCUT2D eigenvalue weighted by atomic mass is 10.3. The van der Waals surface area contributed by atoms with E-state index in [9.17, 15) is 9.59 Å². The second kappa shape index (κ2) is 9.18. The van der Waals surface area contributed by atoms with Gasteiger partial charge in [0.15, 0.2) is 4.34 Å². The summed E-state index contributed by atoms with van der Waals surface area (Å²) in [6.07, 6.45) is 2.47. The van der Waals surface area contributed by atoms with Crippen LogP contribution in [0.5, 0.6) is 5.75 Å². The first-order chi connectivity index (χ1) is 13.1. The molecule has 2 amide bonds. The third kappa shape index (κ3) is 5.43. The monoisotopic (exact) mass is 406 g/mol. The van der Waals surface area contributed by atoms with E-state index in [1.165, 1.54) is 23.1 Å². The molecule has 2 aromatic rings. The maximum atomic E-state index is 12.1. The smallest absolute Gasteiger partial charge is 0.234 e. The van der Waals surface area contributed by atoms with Crippen LogP contribution in [0.25, 0.3) is 0 Å². The molecule has 0 radical (unpaired) electrons. The van der Waals surface area contributed by atoms with Crippen molar-refractivity contribution >= 4 is 45.7 Å². The summed E-state index contributed by atoms with van der Waals surface area (Å²) in [7, 11) is 0. The molecule has 1 heterocycles. The SMILES string of the molecule is CCOc1ccc(NC(=O)CSc2nnc(N(C(=O)CC)C3CC3)s2)cc1. The zero-order valence-corrected chi connectivity index (χ0v) is 16.9. The first-order valence-electron chi connectivity index (χ1n) is 8.91. The number of benzene rings is 1. The van der Waals surface area contributed by atoms with Gasteiger partial charge in [0, 0.05) is 18.2 Å². The van der Waals surface area contributed by atoms with Crippen LogP contribution < -0.4 is 15.0 Å². The third-order valence-electron chi connectivity index (χ3n) is 3.86. The molecule has 1 N–H and O–H groups in total. The Hall–Kier alpha value is -2.13. The third-order valence-corrected chi connectivity index (χ3v) is 5.92. The lowest BCUT2D eigenvalue weighted by Crippen LogP contribution is -2.32. The number of aromatic nitrogens is 2. The van der Waals surface area contributed by atoms with E-state index in [1.807, 2.05) is 26.0 Å². The fraction of sp³-hybridized carbons (Fsp3) is 0.444. The molecule has 1 aromatic heterocycles. The van der Waals surface area contributed by atoms with Crippen molar-refractivity contribution in [2.24, 2.45) is 0 Å². The van der Waals surface area contributed by atoms with Gasteiger partial charge in [-0.2, -0.15) is 0 Å². The number of hydrogen-bond donors (Lipinski definition) is 1. The van der Waals surface area contributed by atoms with E-state index in [4.69, 9.17) is 4.74 Å². The Bertz CT molecular complexity index is 790. The van der Waals surface area contributed by atoms with Crippen molar-refractivity contribution in [3.05, 3.63) is 24.3 Å². The quantitative estimate of drug-likeness (QED) is 0.506. The maximum Gasteiger partial charge on any atom is 0.234 e. The molecule has 9 heteroatoms. The molecule has 0 spiro atoms. The fourth-order valence-corrected chi connectivity index (χ4v) is 4.18. The standard InChI is InChI=1S/C18H22N4O3S2/c1-3-16(24)22(13-7-8-13)17-20-21-18(27-17)26-11-15(23)19-12-5-9-14(10-6-12)25-4-2/h5-6,9-10,13H,3-4,7-8,11H2,1-2H3,(H,19,23). The van der Waals surface area contributed by atoms with Gasteiger partial charge in [-0.15, -0.1) is 10.2 Å². The molecular weight excluding hydrogens is 384 g/mol. The largest absolute Gasteiger partial charge is 0.494 e. The molecule has 0 unspecified atom stereocenters. The molecule has 1 aromatic carbocycles. The lowest BCUT2D eigenvalue weighted by molar-refractivity contribution is -0.118. The summed E-state index contributed by atoms with van der Waals surface area (Å²) in [5.74, 6) is 0.948. The number of anilines is 2. The highest BCUT2D eigenvalue weighted by molar-refractivity contribution is 8.01. The number of amides is 2. The van der Waals surface area contributed by atoms with E-state index >= 15 is 0 Å². The van der Waals surface area contributed by atoms with E-state index in [2.05, 4.69) is 15.5 Å². The molecule has 1 saturated carbocycles. The van der Waals surface area contributed by atoms with Crippen LogP contribution >= 0.6 is 23.1 Å². The van der Waals surface area contributed by atoms with Crippen LogP contribution in [0.15, 0.2) is 28.6 Å². The molecule has 27 heavy (non-hydrogen) atoms. The molecule has 7 nitrogen and oxygen atoms in total. The number of ether oxygens (including phenoxy) is 1. The number of carbonyl (C=O) groups excluding carboxylic acids is 2. The Labute approximate surface area is 166 Å². The van der Waals surface area contributed by atoms with Gasteiger partial charge in [-0.05, 0) is 44.0 Å². The van der Waals surface area contributed by atoms with E-state index in [0.717, 1.165) is 24.3 Å². The Balaban J connectivity index is 1.51. The van der Waals surface area contributed by atoms with Crippen LogP contribution in [0.3, 0.4) is 0 Å². The summed E-state index contributed by atoms with van der Waals surface area (Å²) >= 11 is 2.68. The molecule has 3 rings (SSSR count). The van der Waals surface area contributed by atoms with Gasteiger partial charge >= 0.3 is 0 Å². The first-order valence-corrected chi connectivity index (χ1v) is 10.7. The van der Waals surface area contributed by atoms with Crippen LogP contribution in [0.2, 0.25) is 0 Å². The summed E-state index contributed by atoms with van der Waals surface area (Å²) < 4.78 is 6.06. The Morgan fingerprint density at radius 2 is 2.00 bits per heavy atom. The van der Waals surface area contributed by atoms with Gasteiger partial charge in [0.1, 0.15) is 5.75 Å². The maximum absolute atomic E-state index is 12.1. The minimum atomic E-state index is -0.121. The van der Waals surface area contributed by atoms with Gasteiger partial charge in [0.25, 0.3) is 0 Å². The van der Waals surface area contributed by atoms with Crippen molar-refractivity contribution in [3.8, 4) is 5.75 Å². The minimum absolute atomic E-state index is 0.0680. The van der Waals surface area contributed by atoms with Crippen LogP contribution in [0.1, 0.15) is 33.1 Å². The van der Waals surface area contributed by atoms with Gasteiger partial charge in [-0.3, -0.25) is 14.5 Å². The van der Waals surface area contributed by atoms with Gasteiger partial charge < -0.3 is 10.1 Å². The average molecular weight is 407 g/mol. The topological polar surface area (TPSA) is 84.4 Å². The van der Waals surface area contributed by atoms with Gasteiger partial charge in [-0.25, -0.2) is 0 Å². The highest BCUT2D eigenvalue weighted by Gasteiger charge is 2.35. The molecule has 1 fully saturated rings. The second-order valence-electron chi connectivity index (χ2n) is 5.99. The van der Waals surface area contributed by atoms with Crippen molar-refractivity contribution in [1.82, 2.24) is 10.2 Å². The molecule has 144 valence electrons. The summed E-state index contributed by atoms with van der Waals surface area (Å²) in [5.41, 5.74) is 0.718. The van der Waals surface area contributed by atoms with Crippen molar-refractivity contribution < 1.29 is 14.3 Å². The molecule has 1 aliphatic carbocycles. The number of hydrogen-bond acceptors (Lipinski definition) is 7. The number of rotatable bonds is 9. The highest BCUT2D eigenvalue weighted by atomic mass is 32.2. The number of carbonyl (C=O) groups is 2. The highest BCUT2D eigenvalue weighted by Crippen LogP contribution is 2.36. The summed E-state index contributed by atoms with van der Waals surface area (Å²) in [4.78, 5) is 26.0. The fourth-order valence-electron chi connectivity index (χ4n) is 2.45. The van der Waals surface area contributed by atoms with Crippen molar-refractivity contribution in [2.75, 3.05) is 22.6 Å². The zero-order valence-electron chi connectivity index (χ0n) is 15.3. The van der Waals surface area contributed by atoms with E-state index < -0.39 is 0 Å². The molecule has 0 aliphatic heterocycles. The average Bonchev–Trinajstić information content (AvgIpc) is 3.39. The number of nitrogens with one attached hydrogen (secondary N) is 1. The number of nitrogens with zero attached hydrogens (tertiary/aromatic N) is 3. The van der Waals surface area contributed by atoms with Crippen molar-refractivity contribution in [2.45, 2.75) is 43.5 Å². The molecule has 0 bridgehead atoms. The second-order valence-corrected chi connectivity index (χ2v) is 8.17. The van der Waals surface area contributed by atoms with Crippen LogP contribution in [0.4, 0.5) is 10.8 Å². The predicted octanol–water partition coefficient (Wildman–Crippen LogP) is 3.57. The summed E-state index contributed by atoms with van der Waals surface area (Å²) in [6.45, 7) is 4.38. The van der Waals surface area contributed by atoms with E-state index in [1.54, 1.807) is 17.0 Å². The molecular formula is C18H22N4O3S2. The summed E-state index contributed by atoms with van der Waals surface area (Å²) in [5, 5.41) is 11.7. The van der Waals surface area contributed by atoms with Gasteiger partial charge in [0.2, 0.25) is 16.9 Å². The number of thioether (sulfide) groups is 1. The Kier molecular flexibility index (Phi) is 6.68. The molecule has 0 saturated heterocycles. The summed E-state index contributed by atoms with van der Waals surface area (Å²) in [6, 6.07) is 7.51. The van der Waals surface area contributed by atoms with E-state index in [-0.39, 0.29) is 23.6 Å². The lowest BCUT2D eigenvalue weighted by Gasteiger charge is -2.17. The van der Waals surface area contributed by atoms with Crippen molar-refractivity contribution in [3.63, 3.8) is 0 Å². The molecule has 0 atom stereocenters. The minimum Gasteiger partial charge on any atom is -0.494 e. The van der Waals surface area contributed by atoms with Crippen LogP contribution in [-0.4, -0.2) is 40.4 Å². The van der Waals surface area contributed by atoms with Crippen LogP contribution in [-0.2, 0) is 9.59 Å². The van der Waals surface area contributed by atoms with Crippen LogP contribution in [0, 0.1) is 0 Å². The Morgan fingerprint density at radius 1 is 1.26 bits per heavy atom. The predicted molar refractivity (Wildman–Crippen MR) is 108 cm³/mol. The van der Waals surface area contributed by atoms with Gasteiger partial charge in [0.05, 0.1) is 12.4 Å². The normalized spacial score (nSPS) is 13.3. The van der Waals surface area contributed by atoms with Gasteiger partial charge in [-0.1, -0.05) is 30.0 Å². The molecule has 1 aliphatic rings. The Morgan fingerprint density at radius 3 is 2.63 bits per heavy atom. The van der Waals surface area contributed by atoms with Crippen molar-refractivity contribution in [1.29, 1.82) is 0 Å².